The second kappa shape index (κ2) is 9.09. The van der Waals surface area contributed by atoms with Crippen molar-refractivity contribution >= 4 is 34.3 Å². The van der Waals surface area contributed by atoms with Gasteiger partial charge in [-0.25, -0.2) is 0 Å². The maximum atomic E-state index is 3.60. The standard InChI is InChI=1S/C40H28N2/c1-2-8-32-31(7-1)34-10-3-9-33-30(20-21-35(32)38(33)34)27-16-12-25(13-17-27)26-14-18-28(19-15-26)37-24-29-6-4-22-41-39(29)40-36(37)11-5-23-42-40/h1-21,24,41-42H,22-23H2. The van der Waals surface area contributed by atoms with E-state index in [-0.39, 0.29) is 0 Å². The molecule has 0 fully saturated rings. The molecule has 6 aromatic carbocycles. The average Bonchev–Trinajstić information content (AvgIpc) is 3.40. The number of rotatable bonds is 3. The van der Waals surface area contributed by atoms with Crippen LogP contribution in [-0.4, -0.2) is 13.1 Å². The van der Waals surface area contributed by atoms with Crippen LogP contribution in [0.15, 0.2) is 121 Å². The molecule has 0 saturated carbocycles. The molecule has 0 bridgehead atoms. The fourth-order valence-corrected chi connectivity index (χ4v) is 7.07. The Balaban J connectivity index is 1.06. The number of benzene rings is 6. The number of nitrogens with one attached hydrogen (secondary N) is 2. The Hall–Kier alpha value is -5.34. The van der Waals surface area contributed by atoms with Gasteiger partial charge in [0.15, 0.2) is 0 Å². The molecule has 2 heterocycles. The molecule has 0 amide bonds. The SMILES string of the molecule is C1=Cc2cc(-c3ccc(-c4ccc(-c5ccc6c7c(cccc57)-c5ccccc5-6)cc4)cc3)c3c(c2NC1)NCC=C3. The topological polar surface area (TPSA) is 24.1 Å². The van der Waals surface area contributed by atoms with Gasteiger partial charge in [-0.05, 0) is 72.5 Å². The van der Waals surface area contributed by atoms with E-state index in [1.165, 1.54) is 88.9 Å². The number of hydrogen-bond acceptors (Lipinski definition) is 2. The van der Waals surface area contributed by atoms with Crippen molar-refractivity contribution in [2.45, 2.75) is 0 Å². The minimum absolute atomic E-state index is 0.859. The summed E-state index contributed by atoms with van der Waals surface area (Å²) in [5, 5.41) is 9.85. The molecule has 3 aliphatic rings. The summed E-state index contributed by atoms with van der Waals surface area (Å²) in [6.07, 6.45) is 8.87. The summed E-state index contributed by atoms with van der Waals surface area (Å²) < 4.78 is 0. The Morgan fingerprint density at radius 3 is 1.74 bits per heavy atom. The van der Waals surface area contributed by atoms with Crippen molar-refractivity contribution < 1.29 is 0 Å². The van der Waals surface area contributed by atoms with E-state index in [1.54, 1.807) is 0 Å². The van der Waals surface area contributed by atoms with Gasteiger partial charge in [0.25, 0.3) is 0 Å². The first kappa shape index (κ1) is 23.4. The normalized spacial score (nSPS) is 13.7. The van der Waals surface area contributed by atoms with Crippen molar-refractivity contribution in [1.82, 2.24) is 0 Å². The summed E-state index contributed by atoms with van der Waals surface area (Å²) in [4.78, 5) is 0. The second-order valence-corrected chi connectivity index (χ2v) is 11.3. The first-order chi connectivity index (χ1) is 20.8. The Morgan fingerprint density at radius 2 is 1.00 bits per heavy atom. The summed E-state index contributed by atoms with van der Waals surface area (Å²) in [7, 11) is 0. The average molecular weight is 537 g/mol. The summed E-state index contributed by atoms with van der Waals surface area (Å²) in [6.45, 7) is 1.73. The van der Waals surface area contributed by atoms with Gasteiger partial charge >= 0.3 is 0 Å². The van der Waals surface area contributed by atoms with E-state index in [1.807, 2.05) is 0 Å². The highest BCUT2D eigenvalue weighted by atomic mass is 15.0. The maximum Gasteiger partial charge on any atom is 0.0664 e. The van der Waals surface area contributed by atoms with E-state index in [2.05, 4.69) is 144 Å². The lowest BCUT2D eigenvalue weighted by molar-refractivity contribution is 1.26. The van der Waals surface area contributed by atoms with Gasteiger partial charge in [0, 0.05) is 24.2 Å². The Labute approximate surface area is 245 Å². The van der Waals surface area contributed by atoms with Crippen LogP contribution < -0.4 is 10.6 Å². The molecule has 0 radical (unpaired) electrons. The molecule has 42 heavy (non-hydrogen) atoms. The predicted octanol–water partition coefficient (Wildman–Crippen LogP) is 10.4. The van der Waals surface area contributed by atoms with E-state index in [0.717, 1.165) is 13.1 Å². The minimum Gasteiger partial charge on any atom is -0.379 e. The molecule has 9 rings (SSSR count). The third-order valence-electron chi connectivity index (χ3n) is 9.05. The van der Waals surface area contributed by atoms with Gasteiger partial charge in [0.05, 0.1) is 11.4 Å². The summed E-state index contributed by atoms with van der Waals surface area (Å²) in [6, 6.07) is 40.5. The van der Waals surface area contributed by atoms with Crippen LogP contribution >= 0.6 is 0 Å². The van der Waals surface area contributed by atoms with Crippen molar-refractivity contribution in [2.24, 2.45) is 0 Å². The first-order valence-electron chi connectivity index (χ1n) is 14.7. The molecular formula is C40H28N2. The highest BCUT2D eigenvalue weighted by Crippen LogP contribution is 2.49. The van der Waals surface area contributed by atoms with Gasteiger partial charge in [0.2, 0.25) is 0 Å². The number of anilines is 2. The van der Waals surface area contributed by atoms with Crippen LogP contribution in [0.3, 0.4) is 0 Å². The molecule has 0 unspecified atom stereocenters. The molecular weight excluding hydrogens is 508 g/mol. The van der Waals surface area contributed by atoms with Crippen LogP contribution in [0, 0.1) is 0 Å². The summed E-state index contributed by atoms with van der Waals surface area (Å²) >= 11 is 0. The molecule has 2 N–H and O–H groups in total. The van der Waals surface area contributed by atoms with E-state index in [4.69, 9.17) is 0 Å². The summed E-state index contributed by atoms with van der Waals surface area (Å²) in [5.74, 6) is 0. The van der Waals surface area contributed by atoms with Crippen molar-refractivity contribution in [1.29, 1.82) is 0 Å². The smallest absolute Gasteiger partial charge is 0.0664 e. The lowest BCUT2D eigenvalue weighted by atomic mass is 9.90. The van der Waals surface area contributed by atoms with Crippen molar-refractivity contribution in [2.75, 3.05) is 23.7 Å². The number of fused-ring (bicyclic) bond motifs is 6. The predicted molar refractivity (Wildman–Crippen MR) is 180 cm³/mol. The van der Waals surface area contributed by atoms with Crippen LogP contribution in [-0.2, 0) is 0 Å². The number of hydrogen-bond donors (Lipinski definition) is 2. The lowest BCUT2D eigenvalue weighted by Crippen LogP contribution is -2.13. The minimum atomic E-state index is 0.859. The first-order valence-corrected chi connectivity index (χ1v) is 14.7. The van der Waals surface area contributed by atoms with Gasteiger partial charge in [-0.2, -0.15) is 0 Å². The largest absolute Gasteiger partial charge is 0.379 e. The monoisotopic (exact) mass is 536 g/mol. The molecule has 2 heteroatoms. The van der Waals surface area contributed by atoms with Gasteiger partial charge in [-0.3, -0.25) is 0 Å². The Morgan fingerprint density at radius 1 is 0.429 bits per heavy atom. The molecule has 2 aliphatic heterocycles. The van der Waals surface area contributed by atoms with E-state index in [9.17, 15) is 0 Å². The van der Waals surface area contributed by atoms with Crippen molar-refractivity contribution in [3.8, 4) is 55.6 Å². The highest BCUT2D eigenvalue weighted by Gasteiger charge is 2.22. The third-order valence-corrected chi connectivity index (χ3v) is 9.05. The molecule has 1 aliphatic carbocycles. The zero-order chi connectivity index (χ0) is 27.6. The quantitative estimate of drug-likeness (QED) is 0.235. The fourth-order valence-electron chi connectivity index (χ4n) is 7.07. The van der Waals surface area contributed by atoms with Crippen LogP contribution in [0.25, 0.3) is 78.6 Å². The molecule has 0 atom stereocenters. The molecule has 2 nitrogen and oxygen atoms in total. The molecule has 0 aromatic heterocycles. The van der Waals surface area contributed by atoms with E-state index in [0.29, 0.717) is 0 Å². The zero-order valence-electron chi connectivity index (χ0n) is 23.1. The Kier molecular flexibility index (Phi) is 5.06. The highest BCUT2D eigenvalue weighted by molar-refractivity contribution is 6.18. The lowest BCUT2D eigenvalue weighted by Gasteiger charge is -2.25. The maximum absolute atomic E-state index is 3.60. The molecule has 0 saturated heterocycles. The van der Waals surface area contributed by atoms with Gasteiger partial charge in [-0.1, -0.05) is 127 Å². The van der Waals surface area contributed by atoms with Gasteiger partial charge in [0.1, 0.15) is 0 Å². The van der Waals surface area contributed by atoms with Crippen LogP contribution in [0.2, 0.25) is 0 Å². The zero-order valence-corrected chi connectivity index (χ0v) is 23.1. The van der Waals surface area contributed by atoms with Gasteiger partial charge in [-0.15, -0.1) is 0 Å². The molecule has 6 aromatic rings. The van der Waals surface area contributed by atoms with Crippen molar-refractivity contribution in [3.05, 3.63) is 132 Å². The van der Waals surface area contributed by atoms with Crippen molar-refractivity contribution in [3.63, 3.8) is 0 Å². The van der Waals surface area contributed by atoms with Gasteiger partial charge < -0.3 is 10.6 Å². The van der Waals surface area contributed by atoms with Crippen LogP contribution in [0.4, 0.5) is 11.4 Å². The van der Waals surface area contributed by atoms with E-state index >= 15 is 0 Å². The molecule has 0 spiro atoms. The summed E-state index contributed by atoms with van der Waals surface area (Å²) in [5.41, 5.74) is 17.8. The van der Waals surface area contributed by atoms with Crippen LogP contribution in [0.1, 0.15) is 11.1 Å². The van der Waals surface area contributed by atoms with E-state index < -0.39 is 0 Å². The fraction of sp³-hybridized carbons (Fsp3) is 0.0500. The Bertz CT molecular complexity index is 2080. The third kappa shape index (κ3) is 3.45. The molecule has 198 valence electrons. The second-order valence-electron chi connectivity index (χ2n) is 11.3. The van der Waals surface area contributed by atoms with Crippen LogP contribution in [0.5, 0.6) is 0 Å².